The fourth-order valence-corrected chi connectivity index (χ4v) is 5.47. The van der Waals surface area contributed by atoms with Crippen LogP contribution in [-0.2, 0) is 17.5 Å². The lowest BCUT2D eigenvalue weighted by Crippen LogP contribution is -2.24. The van der Waals surface area contributed by atoms with Gasteiger partial charge < -0.3 is 10.1 Å². The summed E-state index contributed by atoms with van der Waals surface area (Å²) in [7, 11) is -0.814. The predicted molar refractivity (Wildman–Crippen MR) is 145 cm³/mol. The number of aromatic nitrogens is 2. The molecule has 8 bridgehead atoms. The second kappa shape index (κ2) is 9.88. The number of rotatable bonds is 1. The second-order valence-electron chi connectivity index (χ2n) is 8.89. The Hall–Kier alpha value is -4.70. The highest BCUT2D eigenvalue weighted by Gasteiger charge is 2.21. The van der Waals surface area contributed by atoms with Crippen molar-refractivity contribution >= 4 is 33.5 Å². The molecule has 1 aliphatic heterocycles. The Kier molecular flexibility index (Phi) is 6.24. The maximum absolute atomic E-state index is 14.7. The molecule has 1 amide bonds. The molecule has 0 fully saturated rings. The summed E-state index contributed by atoms with van der Waals surface area (Å²) in [6.45, 7) is 0.0991. The van der Waals surface area contributed by atoms with Crippen LogP contribution in [0, 0.1) is 11.6 Å². The van der Waals surface area contributed by atoms with Crippen LogP contribution in [0.5, 0.6) is 5.88 Å². The summed E-state index contributed by atoms with van der Waals surface area (Å²) < 4.78 is 50.6. The van der Waals surface area contributed by atoms with Crippen molar-refractivity contribution in [1.29, 1.82) is 0 Å². The number of nitrogens with zero attached hydrogens (tertiary/aromatic N) is 2. The minimum atomic E-state index is -2.21. The molecule has 2 aromatic heterocycles. The molecular weight excluding hydrogens is 522 g/mol. The van der Waals surface area contributed by atoms with Gasteiger partial charge in [-0.05, 0) is 58.7 Å². The zero-order valence-corrected chi connectivity index (χ0v) is 21.3. The fraction of sp³-hybridized carbons (Fsp3) is 0.0690. The highest BCUT2D eigenvalue weighted by Crippen LogP contribution is 2.34. The van der Waals surface area contributed by atoms with Gasteiger partial charge >= 0.3 is 0 Å². The van der Waals surface area contributed by atoms with E-state index >= 15 is 0 Å². The largest absolute Gasteiger partial charge is 0.480 e. The van der Waals surface area contributed by atoms with Gasteiger partial charge in [-0.1, -0.05) is 24.3 Å². The topological polar surface area (TPSA) is 93.2 Å². The number of nitrogens with one attached hydrogen (secondary N) is 2. The average molecular weight is 543 g/mol. The molecule has 1 atom stereocenters. The molecule has 0 aliphatic carbocycles. The third-order valence-electron chi connectivity index (χ3n) is 6.48. The first-order valence-corrected chi connectivity index (χ1v) is 13.0. The SMILES string of the molecule is COc1ncc2cc1NS(=O)c1cc(c(F)cc1F)C(=O)NCc1cccc(c1)-c1ccnc3ccc-2cc13. The monoisotopic (exact) mass is 542 g/mol. The molecule has 7 nitrogen and oxygen atoms in total. The van der Waals surface area contributed by atoms with Crippen LogP contribution in [0.4, 0.5) is 14.5 Å². The van der Waals surface area contributed by atoms with E-state index in [0.717, 1.165) is 39.2 Å². The molecule has 2 N–H and O–H groups in total. The van der Waals surface area contributed by atoms with E-state index in [-0.39, 0.29) is 18.1 Å². The van der Waals surface area contributed by atoms with Crippen LogP contribution < -0.4 is 14.8 Å². The molecule has 39 heavy (non-hydrogen) atoms. The molecule has 0 saturated carbocycles. The fourth-order valence-electron chi connectivity index (χ4n) is 4.55. The molecular formula is C29H20F2N4O3S. The van der Waals surface area contributed by atoms with Crippen molar-refractivity contribution in [1.82, 2.24) is 15.3 Å². The van der Waals surface area contributed by atoms with Gasteiger partial charge in [-0.25, -0.2) is 18.0 Å². The highest BCUT2D eigenvalue weighted by molar-refractivity contribution is 7.86. The molecule has 1 aliphatic rings. The van der Waals surface area contributed by atoms with E-state index < -0.39 is 39.0 Å². The normalized spacial score (nSPS) is 14.7. The minimum Gasteiger partial charge on any atom is -0.480 e. The summed E-state index contributed by atoms with van der Waals surface area (Å²) in [4.78, 5) is 21.3. The van der Waals surface area contributed by atoms with Gasteiger partial charge in [-0.3, -0.25) is 14.5 Å². The number of carbonyl (C=O) groups excluding carboxylic acids is 1. The Morgan fingerprint density at radius 1 is 0.897 bits per heavy atom. The Morgan fingerprint density at radius 2 is 1.77 bits per heavy atom. The number of methoxy groups -OCH3 is 1. The van der Waals surface area contributed by atoms with Crippen LogP contribution in [0.1, 0.15) is 15.9 Å². The van der Waals surface area contributed by atoms with Crippen LogP contribution in [0.2, 0.25) is 0 Å². The molecule has 10 heteroatoms. The zero-order chi connectivity index (χ0) is 27.1. The molecule has 0 spiro atoms. The zero-order valence-electron chi connectivity index (χ0n) is 20.5. The Balaban J connectivity index is 1.58. The average Bonchev–Trinajstić information content (AvgIpc) is 2.95. The minimum absolute atomic E-state index is 0.0991. The van der Waals surface area contributed by atoms with Gasteiger partial charge in [-0.15, -0.1) is 0 Å². The van der Waals surface area contributed by atoms with E-state index in [4.69, 9.17) is 4.74 Å². The summed E-state index contributed by atoms with van der Waals surface area (Å²) in [5, 5.41) is 3.56. The maximum atomic E-state index is 14.7. The van der Waals surface area contributed by atoms with Crippen LogP contribution in [-0.4, -0.2) is 27.2 Å². The van der Waals surface area contributed by atoms with Gasteiger partial charge in [0.1, 0.15) is 17.3 Å². The molecule has 3 aromatic carbocycles. The molecule has 3 heterocycles. The van der Waals surface area contributed by atoms with Crippen molar-refractivity contribution in [2.24, 2.45) is 0 Å². The van der Waals surface area contributed by atoms with E-state index in [1.165, 1.54) is 7.11 Å². The van der Waals surface area contributed by atoms with Gasteiger partial charge in [0.25, 0.3) is 5.91 Å². The number of pyridine rings is 2. The van der Waals surface area contributed by atoms with Crippen molar-refractivity contribution in [3.8, 4) is 28.1 Å². The van der Waals surface area contributed by atoms with Crippen molar-refractivity contribution in [2.75, 3.05) is 11.8 Å². The molecule has 0 saturated heterocycles. The lowest BCUT2D eigenvalue weighted by molar-refractivity contribution is 0.0946. The summed E-state index contributed by atoms with van der Waals surface area (Å²) in [6, 6.07) is 18.5. The molecule has 0 radical (unpaired) electrons. The van der Waals surface area contributed by atoms with E-state index in [0.29, 0.717) is 11.6 Å². The summed E-state index contributed by atoms with van der Waals surface area (Å²) in [5.41, 5.74) is 4.71. The number of amides is 1. The van der Waals surface area contributed by atoms with Crippen molar-refractivity contribution in [2.45, 2.75) is 11.4 Å². The number of ether oxygens (including phenoxy) is 1. The number of anilines is 1. The van der Waals surface area contributed by atoms with Crippen LogP contribution in [0.15, 0.2) is 84.0 Å². The Morgan fingerprint density at radius 3 is 2.62 bits per heavy atom. The lowest BCUT2D eigenvalue weighted by atomic mass is 9.97. The third kappa shape index (κ3) is 4.59. The number of hydrogen-bond donors (Lipinski definition) is 2. The van der Waals surface area contributed by atoms with Crippen molar-refractivity contribution in [3.63, 3.8) is 0 Å². The molecule has 1 unspecified atom stereocenters. The Labute approximate surface area is 224 Å². The summed E-state index contributed by atoms with van der Waals surface area (Å²) in [6.07, 6.45) is 3.35. The molecule has 5 aromatic rings. The van der Waals surface area contributed by atoms with Gasteiger partial charge in [0, 0.05) is 36.0 Å². The van der Waals surface area contributed by atoms with Crippen molar-refractivity contribution in [3.05, 3.63) is 102 Å². The summed E-state index contributed by atoms with van der Waals surface area (Å²) in [5.74, 6) is -2.76. The third-order valence-corrected chi connectivity index (χ3v) is 7.60. The van der Waals surface area contributed by atoms with E-state index in [2.05, 4.69) is 20.0 Å². The van der Waals surface area contributed by atoms with Crippen molar-refractivity contribution < 1.29 is 22.5 Å². The van der Waals surface area contributed by atoms with Gasteiger partial charge in [-0.2, -0.15) is 0 Å². The predicted octanol–water partition coefficient (Wildman–Crippen LogP) is 5.63. The molecule has 194 valence electrons. The standard InChI is InChI=1S/C29H20F2N4O3S/c1-38-29-26-11-19(15-34-29)17-5-6-25-21(10-17)20(7-8-32-25)18-4-2-3-16(9-18)14-33-28(36)22-12-27(39(37)35-26)24(31)13-23(22)30/h2-13,15,35H,14H2,1H3,(H,33,36). The lowest BCUT2D eigenvalue weighted by Gasteiger charge is -2.15. The number of fused-ring (bicyclic) bond motifs is 9. The van der Waals surface area contributed by atoms with Crippen LogP contribution >= 0.6 is 0 Å². The second-order valence-corrected chi connectivity index (χ2v) is 10.1. The number of carbonyl (C=O) groups is 1. The first-order valence-electron chi connectivity index (χ1n) is 11.9. The van der Waals surface area contributed by atoms with Crippen LogP contribution in [0.3, 0.4) is 0 Å². The van der Waals surface area contributed by atoms with E-state index in [1.807, 2.05) is 48.5 Å². The summed E-state index contributed by atoms with van der Waals surface area (Å²) >= 11 is 0. The smallest absolute Gasteiger partial charge is 0.254 e. The van der Waals surface area contributed by atoms with Gasteiger partial charge in [0.05, 0.1) is 23.1 Å². The van der Waals surface area contributed by atoms with Gasteiger partial charge in [0.2, 0.25) is 5.88 Å². The maximum Gasteiger partial charge on any atom is 0.254 e. The number of hydrogen-bond acceptors (Lipinski definition) is 5. The molecule has 6 rings (SSSR count). The van der Waals surface area contributed by atoms with Crippen LogP contribution in [0.25, 0.3) is 33.2 Å². The van der Waals surface area contributed by atoms with E-state index in [9.17, 15) is 17.8 Å². The number of halogens is 2. The Bertz CT molecular complexity index is 1810. The van der Waals surface area contributed by atoms with E-state index in [1.54, 1.807) is 18.5 Å². The quantitative estimate of drug-likeness (QED) is 0.287. The highest BCUT2D eigenvalue weighted by atomic mass is 32.2. The number of benzene rings is 3. The van der Waals surface area contributed by atoms with Gasteiger partial charge in [0.15, 0.2) is 11.0 Å². The first-order chi connectivity index (χ1) is 18.9. The first kappa shape index (κ1) is 24.6.